The molecule has 8 nitrogen and oxygen atoms in total. The lowest BCUT2D eigenvalue weighted by atomic mass is 9.86. The van der Waals surface area contributed by atoms with Crippen LogP contribution in [0.5, 0.6) is 0 Å². The van der Waals surface area contributed by atoms with Crippen molar-refractivity contribution in [3.05, 3.63) is 83.2 Å². The topological polar surface area (TPSA) is 116 Å². The molecule has 0 bridgehead atoms. The van der Waals surface area contributed by atoms with Gasteiger partial charge in [0.15, 0.2) is 17.6 Å². The molecule has 0 saturated carbocycles. The van der Waals surface area contributed by atoms with Crippen LogP contribution in [0.4, 0.5) is 0 Å². The Bertz CT molecular complexity index is 1090. The summed E-state index contributed by atoms with van der Waals surface area (Å²) in [7, 11) is -3.91. The quantitative estimate of drug-likeness (QED) is 0.412. The molecule has 31 heavy (non-hydrogen) atoms. The molecule has 2 aliphatic heterocycles. The van der Waals surface area contributed by atoms with Crippen molar-refractivity contribution in [2.45, 2.75) is 31.0 Å². The third kappa shape index (κ3) is 4.19. The second kappa shape index (κ2) is 8.16. The van der Waals surface area contributed by atoms with Crippen molar-refractivity contribution in [3.8, 4) is 0 Å². The third-order valence-electron chi connectivity index (χ3n) is 5.32. The van der Waals surface area contributed by atoms with Gasteiger partial charge in [-0.2, -0.15) is 8.42 Å². The largest absolute Gasteiger partial charge is 0.448 e. The molecule has 2 heterocycles. The number of esters is 1. The van der Waals surface area contributed by atoms with E-state index in [1.807, 2.05) is 60.7 Å². The van der Waals surface area contributed by atoms with E-state index in [-0.39, 0.29) is 17.9 Å². The maximum atomic E-state index is 13.3. The molecule has 0 unspecified atom stereocenters. The van der Waals surface area contributed by atoms with Crippen molar-refractivity contribution < 1.29 is 26.9 Å². The Labute approximate surface area is 180 Å². The van der Waals surface area contributed by atoms with Crippen molar-refractivity contribution in [2.24, 2.45) is 5.73 Å². The van der Waals surface area contributed by atoms with E-state index in [0.717, 1.165) is 17.4 Å². The van der Waals surface area contributed by atoms with Gasteiger partial charge < -0.3 is 14.7 Å². The Morgan fingerprint density at radius 3 is 2.13 bits per heavy atom. The second-order valence-corrected chi connectivity index (χ2v) is 9.08. The van der Waals surface area contributed by atoms with E-state index in [1.54, 1.807) is 0 Å². The van der Waals surface area contributed by atoms with Gasteiger partial charge in [-0.25, -0.2) is 4.79 Å². The summed E-state index contributed by atoms with van der Waals surface area (Å²) < 4.78 is 34.4. The summed E-state index contributed by atoms with van der Waals surface area (Å²) in [5.74, 6) is -1.42. The summed E-state index contributed by atoms with van der Waals surface area (Å²) in [6, 6.07) is 17.1. The molecular formula is C22H22N2O6S. The minimum absolute atomic E-state index is 0.108. The highest BCUT2D eigenvalue weighted by atomic mass is 32.2. The predicted molar refractivity (Wildman–Crippen MR) is 112 cm³/mol. The molecule has 4 rings (SSSR count). The summed E-state index contributed by atoms with van der Waals surface area (Å²) in [6.45, 7) is 0. The average molecular weight is 442 g/mol. The van der Waals surface area contributed by atoms with Gasteiger partial charge in [-0.3, -0.25) is 9.69 Å². The fourth-order valence-electron chi connectivity index (χ4n) is 3.91. The van der Waals surface area contributed by atoms with Crippen LogP contribution >= 0.6 is 0 Å². The standard InChI is InChI=1S/C22H22N2O6S/c1-31(27,28)30-17-13-12-16-18(23)21(25)24(16)19(17)22(26)29-20(14-8-4-2-5-9-14)15-10-6-3-7-11-15/h2-11,16,18,20H,12-13,23H2,1H3/t16-,18-/m0/s1. The molecular weight excluding hydrogens is 420 g/mol. The van der Waals surface area contributed by atoms with Gasteiger partial charge in [-0.1, -0.05) is 60.7 Å². The molecule has 2 aliphatic rings. The number of fused-ring (bicyclic) bond motifs is 1. The molecule has 2 aromatic rings. The lowest BCUT2D eigenvalue weighted by molar-refractivity contribution is -0.157. The van der Waals surface area contributed by atoms with Gasteiger partial charge in [0.05, 0.1) is 12.3 Å². The van der Waals surface area contributed by atoms with Crippen molar-refractivity contribution in [3.63, 3.8) is 0 Å². The van der Waals surface area contributed by atoms with E-state index < -0.39 is 40.2 Å². The SMILES string of the molecule is CS(=O)(=O)OC1=C(C(=O)OC(c2ccccc2)c2ccccc2)N2C(=O)[C@@H](N)[C@@H]2CC1. The van der Waals surface area contributed by atoms with Crippen molar-refractivity contribution in [1.29, 1.82) is 0 Å². The molecule has 2 aromatic carbocycles. The highest BCUT2D eigenvalue weighted by Crippen LogP contribution is 2.38. The summed E-state index contributed by atoms with van der Waals surface area (Å²) in [4.78, 5) is 26.9. The van der Waals surface area contributed by atoms with Crippen LogP contribution in [-0.4, -0.2) is 43.5 Å². The van der Waals surface area contributed by atoms with E-state index in [4.69, 9.17) is 14.7 Å². The first-order valence-electron chi connectivity index (χ1n) is 9.78. The van der Waals surface area contributed by atoms with Gasteiger partial charge in [0, 0.05) is 6.42 Å². The van der Waals surface area contributed by atoms with Crippen molar-refractivity contribution in [2.75, 3.05) is 6.26 Å². The number of carbonyl (C=O) groups excluding carboxylic acids is 2. The zero-order valence-electron chi connectivity index (χ0n) is 16.8. The minimum atomic E-state index is -3.91. The molecule has 0 spiro atoms. The molecule has 1 amide bonds. The molecule has 0 aliphatic carbocycles. The average Bonchev–Trinajstić information content (AvgIpc) is 2.76. The number of allylic oxidation sites excluding steroid dienone is 1. The Morgan fingerprint density at radius 1 is 1.06 bits per heavy atom. The third-order valence-corrected chi connectivity index (χ3v) is 5.82. The van der Waals surface area contributed by atoms with E-state index in [1.165, 1.54) is 4.90 Å². The monoisotopic (exact) mass is 442 g/mol. The Balaban J connectivity index is 1.72. The maximum absolute atomic E-state index is 13.3. The Morgan fingerprint density at radius 2 is 1.61 bits per heavy atom. The van der Waals surface area contributed by atoms with E-state index in [0.29, 0.717) is 6.42 Å². The molecule has 2 atom stereocenters. The number of rotatable bonds is 6. The van der Waals surface area contributed by atoms with E-state index in [2.05, 4.69) is 0 Å². The molecule has 2 N–H and O–H groups in total. The lowest BCUT2D eigenvalue weighted by Gasteiger charge is -2.48. The van der Waals surface area contributed by atoms with Crippen LogP contribution in [0.2, 0.25) is 0 Å². The number of carbonyl (C=O) groups is 2. The number of β-lactam (4-membered cyclic amide) rings is 1. The van der Waals surface area contributed by atoms with Crippen LogP contribution < -0.4 is 5.73 Å². The van der Waals surface area contributed by atoms with Gasteiger partial charge in [-0.05, 0) is 17.5 Å². The number of nitrogens with zero attached hydrogens (tertiary/aromatic N) is 1. The molecule has 1 saturated heterocycles. The predicted octanol–water partition coefficient (Wildman–Crippen LogP) is 1.84. The first kappa shape index (κ1) is 21.1. The Kier molecular flexibility index (Phi) is 5.55. The first-order chi connectivity index (χ1) is 14.8. The normalized spacial score (nSPS) is 20.9. The van der Waals surface area contributed by atoms with Crippen LogP contribution in [-0.2, 0) is 28.6 Å². The van der Waals surface area contributed by atoms with Crippen LogP contribution in [0.15, 0.2) is 72.1 Å². The summed E-state index contributed by atoms with van der Waals surface area (Å²) in [5.41, 5.74) is 7.12. The number of hydrogen-bond donors (Lipinski definition) is 1. The number of nitrogens with two attached hydrogens (primary N) is 1. The van der Waals surface area contributed by atoms with Crippen molar-refractivity contribution >= 4 is 22.0 Å². The van der Waals surface area contributed by atoms with Gasteiger partial charge in [0.2, 0.25) is 5.91 Å². The summed E-state index contributed by atoms with van der Waals surface area (Å²) >= 11 is 0. The highest BCUT2D eigenvalue weighted by molar-refractivity contribution is 7.86. The minimum Gasteiger partial charge on any atom is -0.448 e. The zero-order valence-corrected chi connectivity index (χ0v) is 17.6. The van der Waals surface area contributed by atoms with Crippen LogP contribution in [0.25, 0.3) is 0 Å². The van der Waals surface area contributed by atoms with Crippen molar-refractivity contribution in [1.82, 2.24) is 4.90 Å². The number of ether oxygens (including phenoxy) is 1. The van der Waals surface area contributed by atoms with Gasteiger partial charge >= 0.3 is 16.1 Å². The lowest BCUT2D eigenvalue weighted by Crippen LogP contribution is -2.69. The molecule has 1 fully saturated rings. The molecule has 162 valence electrons. The summed E-state index contributed by atoms with van der Waals surface area (Å²) in [6.07, 6.45) is 0.679. The Hall–Kier alpha value is -3.17. The van der Waals surface area contributed by atoms with E-state index in [9.17, 15) is 18.0 Å². The first-order valence-corrected chi connectivity index (χ1v) is 11.6. The number of hydrogen-bond acceptors (Lipinski definition) is 7. The van der Waals surface area contributed by atoms with Gasteiger partial charge in [0.25, 0.3) is 0 Å². The highest BCUT2D eigenvalue weighted by Gasteiger charge is 2.52. The fraction of sp³-hybridized carbons (Fsp3) is 0.273. The van der Waals surface area contributed by atoms with Gasteiger partial charge in [0.1, 0.15) is 6.04 Å². The second-order valence-electron chi connectivity index (χ2n) is 7.51. The number of benzene rings is 2. The molecule has 0 aromatic heterocycles. The smallest absolute Gasteiger partial charge is 0.359 e. The maximum Gasteiger partial charge on any atom is 0.359 e. The summed E-state index contributed by atoms with van der Waals surface area (Å²) in [5, 5.41) is 0. The van der Waals surface area contributed by atoms with Gasteiger partial charge in [-0.15, -0.1) is 0 Å². The zero-order chi connectivity index (χ0) is 22.2. The van der Waals surface area contributed by atoms with E-state index >= 15 is 0 Å². The van der Waals surface area contributed by atoms with Crippen LogP contribution in [0.1, 0.15) is 30.1 Å². The van der Waals surface area contributed by atoms with Crippen LogP contribution in [0.3, 0.4) is 0 Å². The number of amides is 1. The molecule has 0 radical (unpaired) electrons. The molecule has 9 heteroatoms. The fourth-order valence-corrected chi connectivity index (χ4v) is 4.43. The van der Waals surface area contributed by atoms with Crippen LogP contribution in [0, 0.1) is 0 Å².